The van der Waals surface area contributed by atoms with Gasteiger partial charge < -0.3 is 10.1 Å². The molecule has 7 heteroatoms. The molecule has 1 amide bonds. The van der Waals surface area contributed by atoms with E-state index in [1.165, 1.54) is 30.0 Å². The predicted octanol–water partition coefficient (Wildman–Crippen LogP) is 1.94. The summed E-state index contributed by atoms with van der Waals surface area (Å²) >= 11 is 0. The van der Waals surface area contributed by atoms with E-state index >= 15 is 0 Å². The normalized spacial score (nSPS) is 12.0. The molecule has 2 aromatic rings. The molecule has 0 radical (unpaired) electrons. The highest BCUT2D eigenvalue weighted by molar-refractivity contribution is 5.95. The van der Waals surface area contributed by atoms with Crippen molar-refractivity contribution >= 4 is 11.9 Å². The standard InChI is InChI=1S/C16H18FN3O3/c1-10(2)14(16(22)23-3)18-15(21)13-7-8-20(19-13)12-6-4-5-11(17)9-12/h4-10,14H,1-3H3,(H,18,21)/t14-/m0/s1. The predicted molar refractivity (Wildman–Crippen MR) is 81.6 cm³/mol. The van der Waals surface area contributed by atoms with E-state index in [1.54, 1.807) is 32.2 Å². The van der Waals surface area contributed by atoms with E-state index in [1.807, 2.05) is 0 Å². The molecule has 0 saturated heterocycles. The van der Waals surface area contributed by atoms with Gasteiger partial charge in [-0.15, -0.1) is 0 Å². The van der Waals surface area contributed by atoms with Gasteiger partial charge in [0.25, 0.3) is 5.91 Å². The molecule has 0 unspecified atom stereocenters. The van der Waals surface area contributed by atoms with Gasteiger partial charge >= 0.3 is 5.97 Å². The second-order valence-corrected chi connectivity index (χ2v) is 5.34. The Bertz CT molecular complexity index is 712. The Morgan fingerprint density at radius 3 is 2.65 bits per heavy atom. The second kappa shape index (κ2) is 7.04. The fourth-order valence-electron chi connectivity index (χ4n) is 2.05. The van der Waals surface area contributed by atoms with E-state index in [9.17, 15) is 14.0 Å². The number of halogens is 1. The van der Waals surface area contributed by atoms with Crippen LogP contribution in [0.2, 0.25) is 0 Å². The Labute approximate surface area is 133 Å². The number of hydrogen-bond acceptors (Lipinski definition) is 4. The average molecular weight is 319 g/mol. The van der Waals surface area contributed by atoms with Crippen LogP contribution in [0.25, 0.3) is 5.69 Å². The van der Waals surface area contributed by atoms with E-state index in [0.29, 0.717) is 5.69 Å². The van der Waals surface area contributed by atoms with Crippen molar-refractivity contribution in [2.75, 3.05) is 7.11 Å². The molecule has 0 spiro atoms. The highest BCUT2D eigenvalue weighted by Crippen LogP contribution is 2.10. The van der Waals surface area contributed by atoms with Gasteiger partial charge in [-0.25, -0.2) is 13.9 Å². The lowest BCUT2D eigenvalue weighted by atomic mass is 10.0. The van der Waals surface area contributed by atoms with Crippen LogP contribution in [0.5, 0.6) is 0 Å². The van der Waals surface area contributed by atoms with Crippen LogP contribution in [0, 0.1) is 11.7 Å². The summed E-state index contributed by atoms with van der Waals surface area (Å²) < 4.78 is 19.3. The number of nitrogens with one attached hydrogen (secondary N) is 1. The number of benzene rings is 1. The van der Waals surface area contributed by atoms with Crippen molar-refractivity contribution in [1.29, 1.82) is 0 Å². The third-order valence-electron chi connectivity index (χ3n) is 3.30. The van der Waals surface area contributed by atoms with Gasteiger partial charge in [0, 0.05) is 6.20 Å². The van der Waals surface area contributed by atoms with Gasteiger partial charge in [0.05, 0.1) is 12.8 Å². The molecular formula is C16H18FN3O3. The smallest absolute Gasteiger partial charge is 0.328 e. The zero-order valence-electron chi connectivity index (χ0n) is 13.1. The minimum atomic E-state index is -0.758. The van der Waals surface area contributed by atoms with E-state index in [0.717, 1.165) is 0 Å². The summed E-state index contributed by atoms with van der Waals surface area (Å²) in [4.78, 5) is 23.9. The quantitative estimate of drug-likeness (QED) is 0.855. The minimum Gasteiger partial charge on any atom is -0.467 e. The summed E-state index contributed by atoms with van der Waals surface area (Å²) in [5.74, 6) is -1.53. The van der Waals surface area contributed by atoms with Crippen molar-refractivity contribution in [3.05, 3.63) is 48.0 Å². The number of ether oxygens (including phenoxy) is 1. The van der Waals surface area contributed by atoms with Gasteiger partial charge in [-0.2, -0.15) is 5.10 Å². The van der Waals surface area contributed by atoms with Crippen LogP contribution >= 0.6 is 0 Å². The molecule has 0 aliphatic heterocycles. The maximum absolute atomic E-state index is 13.2. The molecular weight excluding hydrogens is 301 g/mol. The van der Waals surface area contributed by atoms with Crippen molar-refractivity contribution in [2.45, 2.75) is 19.9 Å². The van der Waals surface area contributed by atoms with Crippen LogP contribution in [0.4, 0.5) is 4.39 Å². The Balaban J connectivity index is 2.16. The fraction of sp³-hybridized carbons (Fsp3) is 0.312. The summed E-state index contributed by atoms with van der Waals surface area (Å²) in [6, 6.07) is 6.59. The Morgan fingerprint density at radius 1 is 1.30 bits per heavy atom. The number of amides is 1. The first-order valence-electron chi connectivity index (χ1n) is 7.12. The lowest BCUT2D eigenvalue weighted by Gasteiger charge is -2.19. The molecule has 0 aliphatic carbocycles. The van der Waals surface area contributed by atoms with Crippen molar-refractivity contribution in [2.24, 2.45) is 5.92 Å². The molecule has 122 valence electrons. The molecule has 0 aliphatic rings. The molecule has 0 bridgehead atoms. The summed E-state index contributed by atoms with van der Waals surface area (Å²) in [5.41, 5.74) is 0.626. The summed E-state index contributed by atoms with van der Waals surface area (Å²) in [6.07, 6.45) is 1.55. The number of nitrogens with zero attached hydrogens (tertiary/aromatic N) is 2. The van der Waals surface area contributed by atoms with Crippen LogP contribution < -0.4 is 5.32 Å². The molecule has 1 atom stereocenters. The van der Waals surface area contributed by atoms with Crippen molar-refractivity contribution in [3.8, 4) is 5.69 Å². The first-order valence-corrected chi connectivity index (χ1v) is 7.12. The highest BCUT2D eigenvalue weighted by atomic mass is 19.1. The zero-order valence-corrected chi connectivity index (χ0v) is 13.1. The van der Waals surface area contributed by atoms with Crippen molar-refractivity contribution < 1.29 is 18.7 Å². The number of rotatable bonds is 5. The SMILES string of the molecule is COC(=O)[C@@H](NC(=O)c1ccn(-c2cccc(F)c2)n1)C(C)C. The van der Waals surface area contributed by atoms with Gasteiger partial charge in [0.1, 0.15) is 11.9 Å². The van der Waals surface area contributed by atoms with Crippen LogP contribution in [0.3, 0.4) is 0 Å². The molecule has 1 aromatic heterocycles. The summed E-state index contributed by atoms with van der Waals surface area (Å²) in [6.45, 7) is 3.60. The molecule has 23 heavy (non-hydrogen) atoms. The monoisotopic (exact) mass is 319 g/mol. The van der Waals surface area contributed by atoms with E-state index in [4.69, 9.17) is 0 Å². The van der Waals surface area contributed by atoms with Crippen LogP contribution in [-0.2, 0) is 9.53 Å². The van der Waals surface area contributed by atoms with Crippen molar-refractivity contribution in [3.63, 3.8) is 0 Å². The second-order valence-electron chi connectivity index (χ2n) is 5.34. The molecule has 2 rings (SSSR count). The summed E-state index contributed by atoms with van der Waals surface area (Å²) in [5, 5.41) is 6.70. The highest BCUT2D eigenvalue weighted by Gasteiger charge is 2.26. The number of carbonyl (C=O) groups is 2. The number of aromatic nitrogens is 2. The Hall–Kier alpha value is -2.70. The maximum atomic E-state index is 13.2. The maximum Gasteiger partial charge on any atom is 0.328 e. The third-order valence-corrected chi connectivity index (χ3v) is 3.30. The van der Waals surface area contributed by atoms with Gasteiger partial charge in [0.15, 0.2) is 5.69 Å². The largest absolute Gasteiger partial charge is 0.467 e. The third kappa shape index (κ3) is 3.94. The van der Waals surface area contributed by atoms with E-state index in [2.05, 4.69) is 15.2 Å². The van der Waals surface area contributed by atoms with E-state index in [-0.39, 0.29) is 11.6 Å². The Kier molecular flexibility index (Phi) is 5.10. The van der Waals surface area contributed by atoms with Crippen LogP contribution in [0.1, 0.15) is 24.3 Å². The van der Waals surface area contributed by atoms with E-state index < -0.39 is 23.7 Å². The lowest BCUT2D eigenvalue weighted by molar-refractivity contribution is -0.144. The Morgan fingerprint density at radius 2 is 2.04 bits per heavy atom. The molecule has 1 N–H and O–H groups in total. The average Bonchev–Trinajstić information content (AvgIpc) is 3.01. The van der Waals surface area contributed by atoms with Gasteiger partial charge in [-0.3, -0.25) is 4.79 Å². The van der Waals surface area contributed by atoms with Crippen LogP contribution in [0.15, 0.2) is 36.5 Å². The van der Waals surface area contributed by atoms with Gasteiger partial charge in [-0.1, -0.05) is 19.9 Å². The van der Waals surface area contributed by atoms with Crippen LogP contribution in [-0.4, -0.2) is 34.8 Å². The number of esters is 1. The molecule has 0 fully saturated rings. The fourth-order valence-corrected chi connectivity index (χ4v) is 2.05. The van der Waals surface area contributed by atoms with Crippen molar-refractivity contribution in [1.82, 2.24) is 15.1 Å². The minimum absolute atomic E-state index is 0.128. The zero-order chi connectivity index (χ0) is 17.0. The number of methoxy groups -OCH3 is 1. The number of hydrogen-bond donors (Lipinski definition) is 1. The molecule has 1 aromatic carbocycles. The van der Waals surface area contributed by atoms with Gasteiger partial charge in [-0.05, 0) is 30.2 Å². The van der Waals surface area contributed by atoms with Gasteiger partial charge in [0.2, 0.25) is 0 Å². The number of carbonyl (C=O) groups excluding carboxylic acids is 2. The molecule has 6 nitrogen and oxygen atoms in total. The summed E-state index contributed by atoms with van der Waals surface area (Å²) in [7, 11) is 1.27. The first kappa shape index (κ1) is 16.7. The molecule has 1 heterocycles. The molecule has 0 saturated carbocycles. The topological polar surface area (TPSA) is 73.2 Å². The first-order chi connectivity index (χ1) is 10.9. The lowest BCUT2D eigenvalue weighted by Crippen LogP contribution is -2.45.